The molecule has 0 unspecified atom stereocenters. The maximum Gasteiger partial charge on any atom is 0.407 e. The molecule has 1 aliphatic carbocycles. The molecule has 1 amide bonds. The van der Waals surface area contributed by atoms with Crippen LogP contribution < -0.4 is 5.32 Å². The van der Waals surface area contributed by atoms with E-state index in [4.69, 9.17) is 14.2 Å². The van der Waals surface area contributed by atoms with Crippen molar-refractivity contribution in [2.24, 2.45) is 0 Å². The van der Waals surface area contributed by atoms with E-state index < -0.39 is 30.2 Å². The highest BCUT2D eigenvalue weighted by molar-refractivity contribution is 5.83. The molecule has 0 aliphatic heterocycles. The molecule has 0 aromatic heterocycles. The SMILES string of the molecule is CCCCCCCC(=O)O[C@H](C)[C@H](NC(=O)OCC1c2ccccc2-c2ccccc21)C(=O)OCc1ccccc1. The molecule has 0 bridgehead atoms. The van der Waals surface area contributed by atoms with Crippen molar-refractivity contribution in [3.8, 4) is 11.1 Å². The van der Waals surface area contributed by atoms with Crippen LogP contribution in [0.15, 0.2) is 78.9 Å². The van der Waals surface area contributed by atoms with Crippen molar-refractivity contribution >= 4 is 18.0 Å². The zero-order valence-electron chi connectivity index (χ0n) is 23.8. The Kier molecular flexibility index (Phi) is 10.9. The number of fused-ring (bicyclic) bond motifs is 3. The van der Waals surface area contributed by atoms with Gasteiger partial charge in [0.25, 0.3) is 0 Å². The van der Waals surface area contributed by atoms with Crippen LogP contribution in [0.2, 0.25) is 0 Å². The molecule has 1 N–H and O–H groups in total. The van der Waals surface area contributed by atoms with Crippen LogP contribution in [0.4, 0.5) is 4.79 Å². The Balaban J connectivity index is 1.38. The molecule has 3 aromatic carbocycles. The van der Waals surface area contributed by atoms with Gasteiger partial charge in [-0.05, 0) is 41.2 Å². The summed E-state index contributed by atoms with van der Waals surface area (Å²) in [4.78, 5) is 38.6. The van der Waals surface area contributed by atoms with Gasteiger partial charge in [0.2, 0.25) is 0 Å². The summed E-state index contributed by atoms with van der Waals surface area (Å²) in [6.07, 6.45) is 3.51. The summed E-state index contributed by atoms with van der Waals surface area (Å²) in [5.41, 5.74) is 5.21. The Bertz CT molecular complexity index is 1260. The van der Waals surface area contributed by atoms with Gasteiger partial charge >= 0.3 is 18.0 Å². The highest BCUT2D eigenvalue weighted by atomic mass is 16.6. The molecule has 0 fully saturated rings. The van der Waals surface area contributed by atoms with E-state index in [1.54, 1.807) is 6.92 Å². The van der Waals surface area contributed by atoms with Gasteiger partial charge in [-0.25, -0.2) is 9.59 Å². The lowest BCUT2D eigenvalue weighted by atomic mass is 9.98. The molecule has 0 saturated heterocycles. The second kappa shape index (κ2) is 15.0. The smallest absolute Gasteiger partial charge is 0.407 e. The minimum absolute atomic E-state index is 0.0284. The summed E-state index contributed by atoms with van der Waals surface area (Å²) < 4.78 is 16.7. The Morgan fingerprint density at radius 2 is 1.39 bits per heavy atom. The zero-order chi connectivity index (χ0) is 29.0. The highest BCUT2D eigenvalue weighted by Gasteiger charge is 2.33. The van der Waals surface area contributed by atoms with Crippen molar-refractivity contribution < 1.29 is 28.6 Å². The molecule has 0 radical (unpaired) electrons. The van der Waals surface area contributed by atoms with E-state index in [1.165, 1.54) is 0 Å². The number of esters is 2. The van der Waals surface area contributed by atoms with Gasteiger partial charge in [0.15, 0.2) is 6.04 Å². The predicted molar refractivity (Wildman–Crippen MR) is 157 cm³/mol. The van der Waals surface area contributed by atoms with E-state index in [-0.39, 0.29) is 25.6 Å². The Morgan fingerprint density at radius 1 is 0.780 bits per heavy atom. The van der Waals surface area contributed by atoms with E-state index >= 15 is 0 Å². The van der Waals surface area contributed by atoms with Crippen LogP contribution in [-0.4, -0.2) is 36.8 Å². The van der Waals surface area contributed by atoms with Crippen LogP contribution >= 0.6 is 0 Å². The van der Waals surface area contributed by atoms with Gasteiger partial charge in [-0.2, -0.15) is 0 Å². The monoisotopic (exact) mass is 557 g/mol. The highest BCUT2D eigenvalue weighted by Crippen LogP contribution is 2.44. The van der Waals surface area contributed by atoms with Gasteiger partial charge in [0.05, 0.1) is 0 Å². The fraction of sp³-hybridized carbons (Fsp3) is 0.382. The predicted octanol–water partition coefficient (Wildman–Crippen LogP) is 6.93. The van der Waals surface area contributed by atoms with E-state index in [0.717, 1.165) is 53.5 Å². The van der Waals surface area contributed by atoms with Crippen LogP contribution in [-0.2, 0) is 30.4 Å². The van der Waals surface area contributed by atoms with Gasteiger partial charge < -0.3 is 19.5 Å². The summed E-state index contributed by atoms with van der Waals surface area (Å²) in [5, 5.41) is 2.60. The number of rotatable bonds is 14. The first-order chi connectivity index (χ1) is 20.0. The molecule has 216 valence electrons. The molecule has 0 saturated carbocycles. The third-order valence-electron chi connectivity index (χ3n) is 7.37. The third kappa shape index (κ3) is 8.19. The Hall–Kier alpha value is -4.13. The number of ether oxygens (including phenoxy) is 3. The molecular formula is C34H39NO6. The molecule has 7 heteroatoms. The molecule has 3 aromatic rings. The number of benzene rings is 3. The molecule has 0 spiro atoms. The second-order valence-electron chi connectivity index (χ2n) is 10.4. The molecular weight excluding hydrogens is 518 g/mol. The first-order valence-corrected chi connectivity index (χ1v) is 14.5. The average molecular weight is 558 g/mol. The van der Waals surface area contributed by atoms with Gasteiger partial charge in [0, 0.05) is 12.3 Å². The van der Waals surface area contributed by atoms with Crippen LogP contribution in [0.5, 0.6) is 0 Å². The Labute approximate surface area is 242 Å². The fourth-order valence-corrected chi connectivity index (χ4v) is 5.16. The lowest BCUT2D eigenvalue weighted by Gasteiger charge is -2.24. The average Bonchev–Trinajstić information content (AvgIpc) is 3.31. The van der Waals surface area contributed by atoms with Crippen molar-refractivity contribution in [3.05, 3.63) is 95.6 Å². The number of unbranched alkanes of at least 4 members (excludes halogenated alkanes) is 4. The third-order valence-corrected chi connectivity index (χ3v) is 7.37. The largest absolute Gasteiger partial charge is 0.460 e. The maximum absolute atomic E-state index is 13.1. The first-order valence-electron chi connectivity index (χ1n) is 14.5. The van der Waals surface area contributed by atoms with Gasteiger partial charge in [-0.1, -0.05) is 111 Å². The summed E-state index contributed by atoms with van der Waals surface area (Å²) in [7, 11) is 0. The summed E-state index contributed by atoms with van der Waals surface area (Å²) in [6.45, 7) is 3.84. The van der Waals surface area contributed by atoms with Crippen LogP contribution in [0.3, 0.4) is 0 Å². The van der Waals surface area contributed by atoms with Crippen molar-refractivity contribution in [2.45, 2.75) is 77.0 Å². The van der Waals surface area contributed by atoms with Crippen LogP contribution in [0, 0.1) is 0 Å². The van der Waals surface area contributed by atoms with Crippen molar-refractivity contribution in [3.63, 3.8) is 0 Å². The number of carbonyl (C=O) groups is 3. The lowest BCUT2D eigenvalue weighted by Crippen LogP contribution is -2.50. The molecule has 4 rings (SSSR count). The fourth-order valence-electron chi connectivity index (χ4n) is 5.16. The molecule has 41 heavy (non-hydrogen) atoms. The van der Waals surface area contributed by atoms with E-state index in [2.05, 4.69) is 24.4 Å². The van der Waals surface area contributed by atoms with Crippen molar-refractivity contribution in [1.29, 1.82) is 0 Å². The number of hydrogen-bond acceptors (Lipinski definition) is 6. The quantitative estimate of drug-likeness (QED) is 0.131. The standard InChI is InChI=1S/C34H39NO6/c1-3-4-5-6-10-21-31(36)41-24(2)32(33(37)39-22-25-15-8-7-9-16-25)35-34(38)40-23-30-28-19-13-11-17-26(28)27-18-12-14-20-29(27)30/h7-9,11-20,24,30,32H,3-6,10,21-23H2,1-2H3,(H,35,38)/t24-,32+/m1/s1. The Morgan fingerprint density at radius 3 is 2.05 bits per heavy atom. The van der Waals surface area contributed by atoms with Crippen molar-refractivity contribution in [1.82, 2.24) is 5.32 Å². The lowest BCUT2D eigenvalue weighted by molar-refractivity contribution is -0.158. The number of carbonyl (C=O) groups excluding carboxylic acids is 3. The van der Waals surface area contributed by atoms with Gasteiger partial charge in [-0.15, -0.1) is 0 Å². The number of alkyl carbamates (subject to hydrolysis) is 1. The molecule has 2 atom stereocenters. The van der Waals surface area contributed by atoms with Crippen LogP contribution in [0.25, 0.3) is 11.1 Å². The first kappa shape index (κ1) is 29.8. The normalized spacial score (nSPS) is 13.4. The van der Waals surface area contributed by atoms with E-state index in [1.807, 2.05) is 66.7 Å². The van der Waals surface area contributed by atoms with E-state index in [0.29, 0.717) is 6.42 Å². The molecule has 1 aliphatic rings. The topological polar surface area (TPSA) is 90.9 Å². The minimum Gasteiger partial charge on any atom is -0.460 e. The number of hydrogen-bond donors (Lipinski definition) is 1. The second-order valence-corrected chi connectivity index (χ2v) is 10.4. The van der Waals surface area contributed by atoms with E-state index in [9.17, 15) is 14.4 Å². The zero-order valence-corrected chi connectivity index (χ0v) is 23.8. The summed E-state index contributed by atoms with van der Waals surface area (Å²) >= 11 is 0. The summed E-state index contributed by atoms with van der Waals surface area (Å²) in [6, 6.07) is 24.1. The summed E-state index contributed by atoms with van der Waals surface area (Å²) in [5.74, 6) is -1.24. The minimum atomic E-state index is -1.22. The maximum atomic E-state index is 13.1. The molecule has 7 nitrogen and oxygen atoms in total. The number of amides is 1. The number of nitrogens with one attached hydrogen (secondary N) is 1. The van der Waals surface area contributed by atoms with Crippen LogP contribution in [0.1, 0.15) is 75.0 Å². The van der Waals surface area contributed by atoms with Gasteiger partial charge in [0.1, 0.15) is 19.3 Å². The molecule has 0 heterocycles. The van der Waals surface area contributed by atoms with Gasteiger partial charge in [-0.3, -0.25) is 4.79 Å². The van der Waals surface area contributed by atoms with Crippen molar-refractivity contribution in [2.75, 3.05) is 6.61 Å².